The fraction of sp³-hybridized carbons (Fsp3) is 0.267. The number of hydrogen-bond donors (Lipinski definition) is 2. The van der Waals surface area contributed by atoms with E-state index in [2.05, 4.69) is 16.0 Å². The van der Waals surface area contributed by atoms with Crippen LogP contribution in [0.3, 0.4) is 0 Å². The minimum Gasteiger partial charge on any atom is -0.337 e. The van der Waals surface area contributed by atoms with Crippen molar-refractivity contribution in [3.63, 3.8) is 0 Å². The van der Waals surface area contributed by atoms with E-state index < -0.39 is 0 Å². The molecule has 4 heteroatoms. The highest BCUT2D eigenvalue weighted by Gasteiger charge is 2.21. The second kappa shape index (κ2) is 5.13. The van der Waals surface area contributed by atoms with Gasteiger partial charge in [-0.1, -0.05) is 18.2 Å². The molecule has 0 bridgehead atoms. The van der Waals surface area contributed by atoms with Gasteiger partial charge in [-0.2, -0.15) is 0 Å². The number of rotatable bonds is 3. The van der Waals surface area contributed by atoms with Crippen LogP contribution in [-0.4, -0.2) is 9.97 Å². The van der Waals surface area contributed by atoms with Gasteiger partial charge in [-0.25, -0.2) is 4.39 Å². The molecule has 1 atom stereocenters. The Morgan fingerprint density at radius 3 is 3.00 bits per heavy atom. The molecule has 1 heterocycles. The lowest BCUT2D eigenvalue weighted by Crippen LogP contribution is -2.04. The Bertz CT molecular complexity index is 669. The lowest BCUT2D eigenvalue weighted by Gasteiger charge is -2.14. The molecule has 3 rings (SSSR count). The number of benzene rings is 1. The van der Waals surface area contributed by atoms with Crippen molar-refractivity contribution in [2.24, 2.45) is 5.92 Å². The third kappa shape index (κ3) is 2.68. The molecule has 2 N–H and O–H groups in total. The monoisotopic (exact) mass is 274 g/mol. The fourth-order valence-corrected chi connectivity index (χ4v) is 2.93. The molecule has 0 saturated carbocycles. The predicted octanol–water partition coefficient (Wildman–Crippen LogP) is 4.25. The second-order valence-corrected chi connectivity index (χ2v) is 5.32. The first-order valence-corrected chi connectivity index (χ1v) is 6.86. The van der Waals surface area contributed by atoms with E-state index >= 15 is 0 Å². The Morgan fingerprint density at radius 1 is 1.37 bits per heavy atom. The van der Waals surface area contributed by atoms with Gasteiger partial charge in [0.1, 0.15) is 5.82 Å². The van der Waals surface area contributed by atoms with Crippen LogP contribution in [0.15, 0.2) is 36.5 Å². The van der Waals surface area contributed by atoms with Gasteiger partial charge in [0.15, 0.2) is 4.77 Å². The highest BCUT2D eigenvalue weighted by Crippen LogP contribution is 2.35. The molecule has 0 amide bonds. The largest absolute Gasteiger partial charge is 0.337 e. The summed E-state index contributed by atoms with van der Waals surface area (Å²) in [6.45, 7) is 0. The zero-order valence-corrected chi connectivity index (χ0v) is 11.3. The van der Waals surface area contributed by atoms with Gasteiger partial charge in [0.2, 0.25) is 0 Å². The molecule has 2 nitrogen and oxygen atoms in total. The molecule has 1 aromatic heterocycles. The number of H-pyrrole nitrogens is 2. The summed E-state index contributed by atoms with van der Waals surface area (Å²) in [7, 11) is 0. The second-order valence-electron chi connectivity index (χ2n) is 4.92. The Morgan fingerprint density at radius 2 is 2.26 bits per heavy atom. The maximum absolute atomic E-state index is 13.3. The van der Waals surface area contributed by atoms with Gasteiger partial charge in [-0.15, -0.1) is 0 Å². The van der Waals surface area contributed by atoms with Gasteiger partial charge in [-0.3, -0.25) is 0 Å². The van der Waals surface area contributed by atoms with Crippen molar-refractivity contribution in [1.29, 1.82) is 0 Å². The highest BCUT2D eigenvalue weighted by atomic mass is 32.1. The number of allylic oxidation sites excluding steroid dienone is 2. The Hall–Kier alpha value is -1.68. The Kier molecular flexibility index (Phi) is 3.34. The average Bonchev–Trinajstić information content (AvgIpc) is 2.99. The van der Waals surface area contributed by atoms with Crippen LogP contribution >= 0.6 is 12.2 Å². The quantitative estimate of drug-likeness (QED) is 0.806. The normalized spacial score (nSPS) is 18.6. The van der Waals surface area contributed by atoms with Crippen molar-refractivity contribution in [3.8, 4) is 0 Å². The predicted molar refractivity (Wildman–Crippen MR) is 76.8 cm³/mol. The lowest BCUT2D eigenvalue weighted by atomic mass is 9.91. The molecule has 2 aromatic rings. The van der Waals surface area contributed by atoms with Gasteiger partial charge in [0.25, 0.3) is 0 Å². The summed E-state index contributed by atoms with van der Waals surface area (Å²) < 4.78 is 14.0. The van der Waals surface area contributed by atoms with Crippen LogP contribution in [0.5, 0.6) is 0 Å². The molecule has 1 aliphatic rings. The summed E-state index contributed by atoms with van der Waals surface area (Å²) in [5.74, 6) is 0.258. The van der Waals surface area contributed by atoms with E-state index in [1.54, 1.807) is 12.1 Å². The first kappa shape index (κ1) is 12.4. The number of aromatic nitrogens is 2. The van der Waals surface area contributed by atoms with Gasteiger partial charge < -0.3 is 9.97 Å². The number of hydrogen-bond acceptors (Lipinski definition) is 1. The maximum atomic E-state index is 13.3. The van der Waals surface area contributed by atoms with E-state index in [9.17, 15) is 4.39 Å². The molecule has 98 valence electrons. The van der Waals surface area contributed by atoms with E-state index in [0.29, 0.717) is 10.7 Å². The van der Waals surface area contributed by atoms with Crippen molar-refractivity contribution in [1.82, 2.24) is 9.97 Å². The summed E-state index contributed by atoms with van der Waals surface area (Å²) in [6, 6.07) is 6.85. The molecule has 0 fully saturated rings. The van der Waals surface area contributed by atoms with Gasteiger partial charge >= 0.3 is 0 Å². The standard InChI is InChI=1S/C15H15FN2S/c16-12-5-1-3-10(7-12)14-6-2-4-11(14)8-13-9-17-15(19)18-13/h1,3,5-7,9,11H,2,4,8H2,(H2,17,18,19)/t11-/m1/s1. The van der Waals surface area contributed by atoms with Crippen molar-refractivity contribution >= 4 is 17.8 Å². The minimum absolute atomic E-state index is 0.176. The van der Waals surface area contributed by atoms with Crippen LogP contribution in [0.25, 0.3) is 5.57 Å². The van der Waals surface area contributed by atoms with E-state index in [1.165, 1.54) is 11.6 Å². The van der Waals surface area contributed by atoms with Crippen molar-refractivity contribution in [3.05, 3.63) is 58.4 Å². The smallest absolute Gasteiger partial charge is 0.174 e. The zero-order chi connectivity index (χ0) is 13.2. The number of nitrogens with one attached hydrogen (secondary N) is 2. The molecule has 0 unspecified atom stereocenters. The van der Waals surface area contributed by atoms with E-state index in [4.69, 9.17) is 12.2 Å². The molecule has 1 aromatic carbocycles. The molecule has 19 heavy (non-hydrogen) atoms. The fourth-order valence-electron chi connectivity index (χ4n) is 2.74. The van der Waals surface area contributed by atoms with Crippen molar-refractivity contribution < 1.29 is 4.39 Å². The average molecular weight is 274 g/mol. The molecular formula is C15H15FN2S. The summed E-state index contributed by atoms with van der Waals surface area (Å²) in [6.07, 6.45) is 7.22. The molecule has 0 spiro atoms. The number of aromatic amines is 2. The first-order chi connectivity index (χ1) is 9.22. The number of halogens is 1. The number of imidazole rings is 1. The zero-order valence-electron chi connectivity index (χ0n) is 10.4. The summed E-state index contributed by atoms with van der Waals surface area (Å²) in [4.78, 5) is 6.13. The molecular weight excluding hydrogens is 259 g/mol. The van der Waals surface area contributed by atoms with Crippen LogP contribution in [0.2, 0.25) is 0 Å². The Balaban J connectivity index is 1.83. The molecule has 0 saturated heterocycles. The van der Waals surface area contributed by atoms with Crippen LogP contribution in [0, 0.1) is 16.5 Å². The van der Waals surface area contributed by atoms with E-state index in [1.807, 2.05) is 12.3 Å². The molecule has 0 radical (unpaired) electrons. The summed E-state index contributed by atoms with van der Waals surface area (Å²) in [5, 5.41) is 0. The van der Waals surface area contributed by atoms with Crippen molar-refractivity contribution in [2.45, 2.75) is 19.3 Å². The SMILES string of the molecule is Fc1cccc(C2=CCC[C@@H]2Cc2c[nH]c(=S)[nH]2)c1. The third-order valence-electron chi connectivity index (χ3n) is 3.60. The van der Waals surface area contributed by atoms with E-state index in [0.717, 1.165) is 30.5 Å². The van der Waals surface area contributed by atoms with Crippen molar-refractivity contribution in [2.75, 3.05) is 0 Å². The van der Waals surface area contributed by atoms with Gasteiger partial charge in [-0.05, 0) is 60.7 Å². The summed E-state index contributed by atoms with van der Waals surface area (Å²) in [5.41, 5.74) is 3.36. The Labute approximate surface area is 116 Å². The summed E-state index contributed by atoms with van der Waals surface area (Å²) >= 11 is 5.04. The molecule has 1 aliphatic carbocycles. The van der Waals surface area contributed by atoms with Gasteiger partial charge in [0, 0.05) is 11.9 Å². The first-order valence-electron chi connectivity index (χ1n) is 6.45. The third-order valence-corrected chi connectivity index (χ3v) is 3.81. The lowest BCUT2D eigenvalue weighted by molar-refractivity contribution is 0.622. The highest BCUT2D eigenvalue weighted by molar-refractivity contribution is 7.71. The van der Waals surface area contributed by atoms with Gasteiger partial charge in [0.05, 0.1) is 0 Å². The minimum atomic E-state index is -0.176. The van der Waals surface area contributed by atoms with Crippen LogP contribution in [0.1, 0.15) is 24.1 Å². The van der Waals surface area contributed by atoms with Crippen LogP contribution in [0.4, 0.5) is 4.39 Å². The maximum Gasteiger partial charge on any atom is 0.174 e. The van der Waals surface area contributed by atoms with E-state index in [-0.39, 0.29) is 5.82 Å². The van der Waals surface area contributed by atoms with Crippen LogP contribution in [-0.2, 0) is 6.42 Å². The topological polar surface area (TPSA) is 31.6 Å². The van der Waals surface area contributed by atoms with Crippen LogP contribution < -0.4 is 0 Å². The molecule has 0 aliphatic heterocycles.